The minimum atomic E-state index is -0.113. The lowest BCUT2D eigenvalue weighted by molar-refractivity contribution is -0.118. The Kier molecular flexibility index (Phi) is 8.21. The van der Waals surface area contributed by atoms with Crippen LogP contribution < -0.4 is 5.32 Å². The molecule has 0 heterocycles. The van der Waals surface area contributed by atoms with Crippen LogP contribution in [0.15, 0.2) is 0 Å². The number of aliphatic hydroxyl groups excluding tert-OH is 1. The fourth-order valence-corrected chi connectivity index (χ4v) is 1.17. The van der Waals surface area contributed by atoms with Gasteiger partial charge < -0.3 is 15.2 Å². The van der Waals surface area contributed by atoms with Gasteiger partial charge in [0, 0.05) is 25.5 Å². The van der Waals surface area contributed by atoms with E-state index in [1.165, 1.54) is 6.92 Å². The smallest absolute Gasteiger partial charge is 0.216 e. The van der Waals surface area contributed by atoms with Crippen molar-refractivity contribution < 1.29 is 14.6 Å². The molecular formula is C12H25NO3. The number of carbonyl (C=O) groups excluding carboxylic acids is 1. The molecule has 0 aromatic rings. The zero-order chi connectivity index (χ0) is 12.4. The van der Waals surface area contributed by atoms with Crippen LogP contribution in [-0.2, 0) is 9.53 Å². The summed E-state index contributed by atoms with van der Waals surface area (Å²) in [5.41, 5.74) is -0.113. The Morgan fingerprint density at radius 2 is 2.12 bits per heavy atom. The number of ether oxygens (including phenoxy) is 1. The minimum Gasteiger partial charge on any atom is -0.396 e. The standard InChI is InChI=1S/C12H25NO3/c1-4-12(3,9-14)10-16-8-6-5-7-13-11(2)15/h14H,4-10H2,1-3H3,(H,13,15). The van der Waals surface area contributed by atoms with Crippen LogP contribution in [0.25, 0.3) is 0 Å². The number of carbonyl (C=O) groups is 1. The third-order valence-electron chi connectivity index (χ3n) is 2.78. The Morgan fingerprint density at radius 3 is 2.62 bits per heavy atom. The molecule has 0 aromatic carbocycles. The molecule has 16 heavy (non-hydrogen) atoms. The molecule has 0 saturated carbocycles. The van der Waals surface area contributed by atoms with Gasteiger partial charge in [0.05, 0.1) is 13.2 Å². The van der Waals surface area contributed by atoms with Crippen molar-refractivity contribution in [2.45, 2.75) is 40.0 Å². The first kappa shape index (κ1) is 15.4. The molecular weight excluding hydrogens is 206 g/mol. The van der Waals surface area contributed by atoms with Crippen LogP contribution in [0, 0.1) is 5.41 Å². The fraction of sp³-hybridized carbons (Fsp3) is 0.917. The van der Waals surface area contributed by atoms with Crippen molar-refractivity contribution in [3.63, 3.8) is 0 Å². The first-order valence-corrected chi connectivity index (χ1v) is 5.97. The summed E-state index contributed by atoms with van der Waals surface area (Å²) < 4.78 is 5.51. The highest BCUT2D eigenvalue weighted by Crippen LogP contribution is 2.20. The van der Waals surface area contributed by atoms with Crippen LogP contribution in [0.2, 0.25) is 0 Å². The van der Waals surface area contributed by atoms with Gasteiger partial charge in [-0.2, -0.15) is 0 Å². The Labute approximate surface area is 98.4 Å². The average Bonchev–Trinajstić information content (AvgIpc) is 2.27. The largest absolute Gasteiger partial charge is 0.396 e. The molecule has 0 radical (unpaired) electrons. The van der Waals surface area contributed by atoms with Crippen LogP contribution in [0.1, 0.15) is 40.0 Å². The second kappa shape index (κ2) is 8.53. The van der Waals surface area contributed by atoms with Gasteiger partial charge in [0.1, 0.15) is 0 Å². The third kappa shape index (κ3) is 7.65. The first-order valence-electron chi connectivity index (χ1n) is 5.97. The van der Waals surface area contributed by atoms with E-state index in [2.05, 4.69) is 12.2 Å². The molecule has 0 bridgehead atoms. The molecule has 2 N–H and O–H groups in total. The lowest BCUT2D eigenvalue weighted by Crippen LogP contribution is -2.27. The molecule has 0 aliphatic heterocycles. The van der Waals surface area contributed by atoms with Gasteiger partial charge in [-0.25, -0.2) is 0 Å². The quantitative estimate of drug-likeness (QED) is 0.589. The second-order valence-electron chi connectivity index (χ2n) is 4.56. The van der Waals surface area contributed by atoms with Crippen molar-refractivity contribution in [1.29, 1.82) is 0 Å². The topological polar surface area (TPSA) is 58.6 Å². The Balaban J connectivity index is 3.36. The highest BCUT2D eigenvalue weighted by molar-refractivity contribution is 5.72. The maximum absolute atomic E-state index is 10.6. The summed E-state index contributed by atoms with van der Waals surface area (Å²) in [5.74, 6) is 0.0137. The van der Waals surface area contributed by atoms with Crippen molar-refractivity contribution in [3.05, 3.63) is 0 Å². The van der Waals surface area contributed by atoms with Crippen molar-refractivity contribution in [1.82, 2.24) is 5.32 Å². The zero-order valence-electron chi connectivity index (χ0n) is 10.7. The SMILES string of the molecule is CCC(C)(CO)COCCCCNC(C)=O. The summed E-state index contributed by atoms with van der Waals surface area (Å²) in [5, 5.41) is 11.9. The van der Waals surface area contributed by atoms with E-state index in [9.17, 15) is 4.79 Å². The first-order chi connectivity index (χ1) is 7.54. The highest BCUT2D eigenvalue weighted by Gasteiger charge is 2.20. The van der Waals surface area contributed by atoms with Crippen molar-refractivity contribution >= 4 is 5.91 Å². The van der Waals surface area contributed by atoms with Crippen molar-refractivity contribution in [2.24, 2.45) is 5.41 Å². The molecule has 0 spiro atoms. The summed E-state index contributed by atoms with van der Waals surface area (Å²) in [6.45, 7) is 7.75. The Bertz CT molecular complexity index is 191. The number of hydrogen-bond donors (Lipinski definition) is 2. The van der Waals surface area contributed by atoms with E-state index >= 15 is 0 Å². The van der Waals surface area contributed by atoms with Crippen LogP contribution in [0.5, 0.6) is 0 Å². The molecule has 0 aromatic heterocycles. The van der Waals surface area contributed by atoms with Crippen molar-refractivity contribution in [3.8, 4) is 0 Å². The molecule has 1 atom stereocenters. The van der Waals surface area contributed by atoms with Gasteiger partial charge >= 0.3 is 0 Å². The number of rotatable bonds is 9. The summed E-state index contributed by atoms with van der Waals surface area (Å²) in [7, 11) is 0. The zero-order valence-corrected chi connectivity index (χ0v) is 10.7. The predicted molar refractivity (Wildman–Crippen MR) is 64.2 cm³/mol. The Hall–Kier alpha value is -0.610. The number of unbranched alkanes of at least 4 members (excludes halogenated alkanes) is 1. The number of hydrogen-bond acceptors (Lipinski definition) is 3. The maximum Gasteiger partial charge on any atom is 0.216 e. The van der Waals surface area contributed by atoms with Gasteiger partial charge in [-0.1, -0.05) is 13.8 Å². The highest BCUT2D eigenvalue weighted by atomic mass is 16.5. The number of aliphatic hydroxyl groups is 1. The van der Waals surface area contributed by atoms with Crippen LogP contribution >= 0.6 is 0 Å². The van der Waals surface area contributed by atoms with Crippen LogP contribution in [-0.4, -0.2) is 37.4 Å². The van der Waals surface area contributed by atoms with E-state index < -0.39 is 0 Å². The lowest BCUT2D eigenvalue weighted by atomic mass is 9.90. The Morgan fingerprint density at radius 1 is 1.44 bits per heavy atom. The summed E-state index contributed by atoms with van der Waals surface area (Å²) >= 11 is 0. The molecule has 1 unspecified atom stereocenters. The molecule has 0 saturated heterocycles. The molecule has 96 valence electrons. The van der Waals surface area contributed by atoms with E-state index in [1.807, 2.05) is 6.92 Å². The molecule has 4 nitrogen and oxygen atoms in total. The number of nitrogens with one attached hydrogen (secondary N) is 1. The minimum absolute atomic E-state index is 0.0137. The summed E-state index contributed by atoms with van der Waals surface area (Å²) in [6.07, 6.45) is 2.78. The normalized spacial score (nSPS) is 14.5. The van der Waals surface area contributed by atoms with Gasteiger partial charge in [-0.05, 0) is 19.3 Å². The molecule has 0 aliphatic carbocycles. The van der Waals surface area contributed by atoms with Gasteiger partial charge in [0.25, 0.3) is 0 Å². The van der Waals surface area contributed by atoms with Gasteiger partial charge in [-0.3, -0.25) is 4.79 Å². The third-order valence-corrected chi connectivity index (χ3v) is 2.78. The maximum atomic E-state index is 10.6. The van der Waals surface area contributed by atoms with Gasteiger partial charge in [-0.15, -0.1) is 0 Å². The van der Waals surface area contributed by atoms with E-state index in [4.69, 9.17) is 9.84 Å². The van der Waals surface area contributed by atoms with E-state index in [1.54, 1.807) is 0 Å². The van der Waals surface area contributed by atoms with E-state index in [-0.39, 0.29) is 17.9 Å². The molecule has 0 fully saturated rings. The van der Waals surface area contributed by atoms with Crippen molar-refractivity contribution in [2.75, 3.05) is 26.4 Å². The van der Waals surface area contributed by atoms with Gasteiger partial charge in [0.15, 0.2) is 0 Å². The molecule has 0 aliphatic rings. The van der Waals surface area contributed by atoms with E-state index in [0.717, 1.165) is 19.3 Å². The summed E-state index contributed by atoms with van der Waals surface area (Å²) in [4.78, 5) is 10.6. The van der Waals surface area contributed by atoms with Crippen LogP contribution in [0.3, 0.4) is 0 Å². The van der Waals surface area contributed by atoms with Gasteiger partial charge in [0.2, 0.25) is 5.91 Å². The predicted octanol–water partition coefficient (Wildman–Crippen LogP) is 1.33. The fourth-order valence-electron chi connectivity index (χ4n) is 1.17. The average molecular weight is 231 g/mol. The van der Waals surface area contributed by atoms with E-state index in [0.29, 0.717) is 19.8 Å². The number of amides is 1. The monoisotopic (exact) mass is 231 g/mol. The second-order valence-corrected chi connectivity index (χ2v) is 4.56. The molecule has 1 amide bonds. The summed E-state index contributed by atoms with van der Waals surface area (Å²) in [6, 6.07) is 0. The van der Waals surface area contributed by atoms with Crippen LogP contribution in [0.4, 0.5) is 0 Å². The molecule has 0 rings (SSSR count). The molecule has 4 heteroatoms. The lowest BCUT2D eigenvalue weighted by Gasteiger charge is -2.25.